The first-order valence-corrected chi connectivity index (χ1v) is 20.8. The van der Waals surface area contributed by atoms with Gasteiger partial charge in [-0.25, -0.2) is 4.79 Å². The first-order valence-electron chi connectivity index (χ1n) is 20.8. The van der Waals surface area contributed by atoms with E-state index in [1.807, 2.05) is 48.5 Å². The normalized spacial score (nSPS) is 23.3. The number of carbonyl (C=O) groups excluding carboxylic acids is 2. The Bertz CT molecular complexity index is 1970. The minimum atomic E-state index is -1.43. The van der Waals surface area contributed by atoms with Crippen molar-refractivity contribution in [1.82, 2.24) is 4.90 Å². The van der Waals surface area contributed by atoms with Crippen LogP contribution in [0.25, 0.3) is 0 Å². The lowest BCUT2D eigenvalue weighted by Gasteiger charge is -2.59. The zero-order chi connectivity index (χ0) is 42.5. The number of carbonyl (C=O) groups is 2. The molecule has 1 heterocycles. The average Bonchev–Trinajstić information content (AvgIpc) is 3.27. The van der Waals surface area contributed by atoms with Crippen LogP contribution in [0.2, 0.25) is 0 Å². The summed E-state index contributed by atoms with van der Waals surface area (Å²) in [6, 6.07) is 19.8. The topological polar surface area (TPSA) is 155 Å². The largest absolute Gasteiger partial charge is 0.496 e. The van der Waals surface area contributed by atoms with Crippen molar-refractivity contribution in [2.75, 3.05) is 54.3 Å². The molecule has 1 aliphatic heterocycles. The van der Waals surface area contributed by atoms with E-state index in [9.17, 15) is 19.8 Å². The van der Waals surface area contributed by atoms with Crippen molar-refractivity contribution in [3.05, 3.63) is 108 Å². The van der Waals surface area contributed by atoms with Crippen LogP contribution in [0.4, 0.5) is 4.79 Å². The maximum Gasteiger partial charge on any atom is 0.410 e. The Kier molecular flexibility index (Phi) is 15.8. The Hall–Kier alpha value is -5.21. The van der Waals surface area contributed by atoms with Gasteiger partial charge >= 0.3 is 6.09 Å². The second-order valence-corrected chi connectivity index (χ2v) is 15.3. The SMILES string of the molecule is C=CCOC12Oc3ccc(Oc4ccc(OC)c(C=O)c4)cc3C3C(CCCCO)C(CCCCO)C=C(C(=NOC)CC1N(C)C(=O)OCCOCc1ccccc1)C32. The van der Waals surface area contributed by atoms with Gasteiger partial charge in [-0.15, -0.1) is 6.58 Å². The van der Waals surface area contributed by atoms with Gasteiger partial charge in [0.25, 0.3) is 0 Å². The van der Waals surface area contributed by atoms with Gasteiger partial charge in [0, 0.05) is 38.2 Å². The van der Waals surface area contributed by atoms with E-state index in [1.165, 1.54) is 19.1 Å². The zero-order valence-corrected chi connectivity index (χ0v) is 34.8. The summed E-state index contributed by atoms with van der Waals surface area (Å²) in [5.41, 5.74) is 3.85. The number of aldehydes is 1. The molecule has 6 rings (SSSR count). The number of rotatable bonds is 22. The summed E-state index contributed by atoms with van der Waals surface area (Å²) in [6.45, 7) is 4.90. The molecular formula is C47H58N2O11. The highest BCUT2D eigenvalue weighted by atomic mass is 16.7. The molecule has 6 atom stereocenters. The number of oxime groups is 1. The minimum Gasteiger partial charge on any atom is -0.496 e. The quantitative estimate of drug-likeness (QED) is 0.0441. The van der Waals surface area contributed by atoms with E-state index in [-0.39, 0.29) is 57.2 Å². The number of methoxy groups -OCH3 is 1. The molecular weight excluding hydrogens is 769 g/mol. The van der Waals surface area contributed by atoms with Crippen LogP contribution in [-0.4, -0.2) is 99.3 Å². The fraction of sp³-hybridized carbons (Fsp3) is 0.468. The molecule has 2 N–H and O–H groups in total. The average molecular weight is 827 g/mol. The number of aliphatic hydroxyl groups excluding tert-OH is 2. The number of hydrogen-bond acceptors (Lipinski definition) is 12. The second-order valence-electron chi connectivity index (χ2n) is 15.3. The lowest BCUT2D eigenvalue weighted by atomic mass is 9.55. The summed E-state index contributed by atoms with van der Waals surface area (Å²) in [7, 11) is 4.70. The summed E-state index contributed by atoms with van der Waals surface area (Å²) in [5, 5.41) is 24.3. The molecule has 60 heavy (non-hydrogen) atoms. The van der Waals surface area contributed by atoms with Crippen LogP contribution in [0, 0.1) is 17.8 Å². The summed E-state index contributed by atoms with van der Waals surface area (Å²) >= 11 is 0. The van der Waals surface area contributed by atoms with Crippen LogP contribution in [0.1, 0.15) is 72.3 Å². The Labute approximate surface area is 352 Å². The lowest BCUT2D eigenvalue weighted by Crippen LogP contribution is -2.69. The first-order chi connectivity index (χ1) is 29.3. The number of hydrogen-bond donors (Lipinski definition) is 2. The van der Waals surface area contributed by atoms with Crippen molar-refractivity contribution in [3.63, 3.8) is 0 Å². The fourth-order valence-corrected chi connectivity index (χ4v) is 9.09. The van der Waals surface area contributed by atoms with Crippen molar-refractivity contribution in [2.24, 2.45) is 22.9 Å². The molecule has 0 aromatic heterocycles. The standard InChI is InChI=1S/C47H58N2O11/c1-5-23-58-47-43(49(2)46(53)57-25-24-56-31-32-13-7-6-8-14-32)29-40(48-55-4)38-27-33(15-9-11-21-50)37(16-10-12-22-51)44(45(38)47)39-28-36(18-20-42(39)60-47)59-35-17-19-41(54-3)34(26-35)30-52/h5-8,13-14,17-20,26-28,30,33,37,43-45,50-51H,1,9-12,15-16,21-25,29,31H2,2-4H3. The minimum absolute atomic E-state index is 0.0258. The van der Waals surface area contributed by atoms with Crippen molar-refractivity contribution < 1.29 is 53.1 Å². The molecule has 3 aliphatic rings. The zero-order valence-electron chi connectivity index (χ0n) is 34.8. The molecule has 0 saturated heterocycles. The maximum absolute atomic E-state index is 14.0. The van der Waals surface area contributed by atoms with Gasteiger partial charge in [-0.3, -0.25) is 4.79 Å². The van der Waals surface area contributed by atoms with E-state index in [0.717, 1.165) is 48.7 Å². The molecule has 13 heteroatoms. The predicted octanol–water partition coefficient (Wildman–Crippen LogP) is 7.85. The van der Waals surface area contributed by atoms with Crippen LogP contribution in [0.5, 0.6) is 23.0 Å². The Morgan fingerprint density at radius 3 is 2.45 bits per heavy atom. The number of nitrogens with zero attached hydrogens (tertiary/aromatic N) is 2. The van der Waals surface area contributed by atoms with Gasteiger partial charge in [-0.2, -0.15) is 0 Å². The van der Waals surface area contributed by atoms with Crippen LogP contribution in [0.3, 0.4) is 0 Å². The lowest BCUT2D eigenvalue weighted by molar-refractivity contribution is -0.253. The monoisotopic (exact) mass is 826 g/mol. The number of ether oxygens (including phenoxy) is 6. The number of unbranched alkanes of at least 4 members (excludes halogenated alkanes) is 2. The number of fused-ring (bicyclic) bond motifs is 2. The maximum atomic E-state index is 14.0. The van der Waals surface area contributed by atoms with Crippen molar-refractivity contribution in [1.29, 1.82) is 0 Å². The van der Waals surface area contributed by atoms with Crippen LogP contribution in [-0.2, 0) is 25.7 Å². The van der Waals surface area contributed by atoms with Gasteiger partial charge < -0.3 is 48.4 Å². The van der Waals surface area contributed by atoms with Crippen LogP contribution < -0.4 is 14.2 Å². The molecule has 6 unspecified atom stereocenters. The van der Waals surface area contributed by atoms with E-state index in [0.29, 0.717) is 53.7 Å². The number of aliphatic hydroxyl groups is 2. The Morgan fingerprint density at radius 1 is 0.983 bits per heavy atom. The summed E-state index contributed by atoms with van der Waals surface area (Å²) < 4.78 is 37.4. The van der Waals surface area contributed by atoms with Crippen LogP contribution in [0.15, 0.2) is 96.2 Å². The predicted molar refractivity (Wildman–Crippen MR) is 226 cm³/mol. The van der Waals surface area contributed by atoms with Gasteiger partial charge in [0.05, 0.1) is 44.1 Å². The third-order valence-corrected chi connectivity index (χ3v) is 11.7. The third-order valence-electron chi connectivity index (χ3n) is 11.7. The third kappa shape index (κ3) is 9.87. The van der Waals surface area contributed by atoms with Crippen molar-refractivity contribution in [3.8, 4) is 23.0 Å². The summed E-state index contributed by atoms with van der Waals surface area (Å²) in [4.78, 5) is 32.9. The molecule has 322 valence electrons. The molecule has 3 aromatic rings. The number of likely N-dealkylation sites (N-methyl/N-ethyl adjacent to an activating group) is 1. The van der Waals surface area contributed by atoms with E-state index < -0.39 is 23.8 Å². The van der Waals surface area contributed by atoms with E-state index >= 15 is 0 Å². The Morgan fingerprint density at radius 2 is 1.73 bits per heavy atom. The molecule has 3 aromatic carbocycles. The number of amides is 1. The number of allylic oxidation sites excluding steroid dienone is 1. The van der Waals surface area contributed by atoms with Gasteiger partial charge in [0.2, 0.25) is 5.79 Å². The summed E-state index contributed by atoms with van der Waals surface area (Å²) in [6.07, 6.45) is 8.81. The number of benzene rings is 3. The van der Waals surface area contributed by atoms with E-state index in [4.69, 9.17) is 33.3 Å². The van der Waals surface area contributed by atoms with E-state index in [2.05, 4.69) is 17.8 Å². The van der Waals surface area contributed by atoms with Crippen molar-refractivity contribution in [2.45, 2.75) is 69.3 Å². The van der Waals surface area contributed by atoms with E-state index in [1.54, 1.807) is 31.3 Å². The molecule has 1 saturated carbocycles. The highest BCUT2D eigenvalue weighted by molar-refractivity contribution is 6.03. The second kappa shape index (κ2) is 21.4. The smallest absolute Gasteiger partial charge is 0.410 e. The van der Waals surface area contributed by atoms with Gasteiger partial charge in [0.15, 0.2) is 6.29 Å². The molecule has 0 radical (unpaired) electrons. The van der Waals surface area contributed by atoms with Gasteiger partial charge in [0.1, 0.15) is 42.8 Å². The first kappa shape index (κ1) is 44.3. The molecule has 13 nitrogen and oxygen atoms in total. The van der Waals surface area contributed by atoms with Gasteiger partial charge in [-0.05, 0) is 85.1 Å². The van der Waals surface area contributed by atoms with Crippen LogP contribution >= 0.6 is 0 Å². The highest BCUT2D eigenvalue weighted by Gasteiger charge is 2.65. The van der Waals surface area contributed by atoms with Crippen molar-refractivity contribution >= 4 is 18.1 Å². The molecule has 0 spiro atoms. The summed E-state index contributed by atoms with van der Waals surface area (Å²) in [5.74, 6) is -0.0642. The fourth-order valence-electron chi connectivity index (χ4n) is 9.09. The van der Waals surface area contributed by atoms with Gasteiger partial charge in [-0.1, -0.05) is 60.5 Å². The molecule has 2 aliphatic carbocycles. The molecule has 0 bridgehead atoms. The highest BCUT2D eigenvalue weighted by Crippen LogP contribution is 2.62. The molecule has 1 fully saturated rings. The Balaban J connectivity index is 1.43. The molecule has 1 amide bonds.